The van der Waals surface area contributed by atoms with Crippen LogP contribution in [-0.4, -0.2) is 36.5 Å². The largest absolute Gasteiger partial charge is 0.394 e. The molecule has 0 bridgehead atoms. The van der Waals surface area contributed by atoms with Crippen molar-refractivity contribution in [2.24, 2.45) is 0 Å². The molecule has 0 aromatic heterocycles. The first-order chi connectivity index (χ1) is 8.55. The molecule has 1 saturated heterocycles. The fraction of sp³-hybridized carbons (Fsp3) is 0.500. The van der Waals surface area contributed by atoms with Gasteiger partial charge < -0.3 is 14.7 Å². The van der Waals surface area contributed by atoms with Crippen LogP contribution in [0.25, 0.3) is 0 Å². The van der Waals surface area contributed by atoms with E-state index in [9.17, 15) is 5.11 Å². The Morgan fingerprint density at radius 3 is 2.89 bits per heavy atom. The number of benzene rings is 1. The third kappa shape index (κ3) is 2.63. The first-order valence-corrected chi connectivity index (χ1v) is 6.08. The van der Waals surface area contributed by atoms with Gasteiger partial charge in [-0.1, -0.05) is 12.1 Å². The van der Waals surface area contributed by atoms with Crippen LogP contribution < -0.4 is 4.90 Å². The zero-order valence-electron chi connectivity index (χ0n) is 10.8. The van der Waals surface area contributed by atoms with Gasteiger partial charge in [-0.2, -0.15) is 5.26 Å². The Kier molecular flexibility index (Phi) is 3.55. The molecule has 0 amide bonds. The maximum atomic E-state index is 9.30. The SMILES string of the molecule is CC1(C)CN(c2ccccc2C#N)CC(CO)O1. The second-order valence-electron chi connectivity index (χ2n) is 5.19. The van der Waals surface area contributed by atoms with Crippen molar-refractivity contribution >= 4 is 5.69 Å². The van der Waals surface area contributed by atoms with Gasteiger partial charge in [-0.05, 0) is 26.0 Å². The monoisotopic (exact) mass is 246 g/mol. The molecule has 1 aromatic rings. The summed E-state index contributed by atoms with van der Waals surface area (Å²) in [7, 11) is 0. The van der Waals surface area contributed by atoms with Gasteiger partial charge in [-0.15, -0.1) is 0 Å². The fourth-order valence-electron chi connectivity index (χ4n) is 2.42. The Balaban J connectivity index is 2.30. The van der Waals surface area contributed by atoms with E-state index < -0.39 is 0 Å². The maximum absolute atomic E-state index is 9.30. The number of ether oxygens (including phenoxy) is 1. The average Bonchev–Trinajstić information content (AvgIpc) is 2.36. The number of nitrogens with zero attached hydrogens (tertiary/aromatic N) is 2. The summed E-state index contributed by atoms with van der Waals surface area (Å²) in [5.74, 6) is 0. The van der Waals surface area contributed by atoms with Crippen LogP contribution in [0.3, 0.4) is 0 Å². The third-order valence-electron chi connectivity index (χ3n) is 3.05. The zero-order chi connectivity index (χ0) is 13.2. The highest BCUT2D eigenvalue weighted by Crippen LogP contribution is 2.28. The van der Waals surface area contributed by atoms with E-state index in [1.54, 1.807) is 0 Å². The quantitative estimate of drug-likeness (QED) is 0.860. The van der Waals surface area contributed by atoms with E-state index in [2.05, 4.69) is 11.0 Å². The van der Waals surface area contributed by atoms with E-state index in [1.807, 2.05) is 38.1 Å². The minimum absolute atomic E-state index is 0.00531. The van der Waals surface area contributed by atoms with Gasteiger partial charge in [-0.3, -0.25) is 0 Å². The molecule has 1 fully saturated rings. The van der Waals surface area contributed by atoms with Crippen LogP contribution in [0.1, 0.15) is 19.4 Å². The highest BCUT2D eigenvalue weighted by Gasteiger charge is 2.33. The predicted octanol–water partition coefficient (Wildman–Crippen LogP) is 1.53. The molecule has 1 unspecified atom stereocenters. The molecule has 0 radical (unpaired) electrons. The van der Waals surface area contributed by atoms with E-state index in [4.69, 9.17) is 10.00 Å². The van der Waals surface area contributed by atoms with Crippen molar-refractivity contribution in [2.75, 3.05) is 24.6 Å². The van der Waals surface area contributed by atoms with Crippen LogP contribution in [0.5, 0.6) is 0 Å². The number of aliphatic hydroxyl groups excluding tert-OH is 1. The molecular formula is C14H18N2O2. The minimum atomic E-state index is -0.325. The van der Waals surface area contributed by atoms with Gasteiger partial charge in [0.2, 0.25) is 0 Å². The molecule has 1 aromatic carbocycles. The lowest BCUT2D eigenvalue weighted by Gasteiger charge is -2.43. The van der Waals surface area contributed by atoms with Crippen molar-refractivity contribution in [1.29, 1.82) is 5.26 Å². The molecule has 0 aliphatic carbocycles. The van der Waals surface area contributed by atoms with Gasteiger partial charge in [0.1, 0.15) is 6.07 Å². The fourth-order valence-corrected chi connectivity index (χ4v) is 2.42. The number of hydrogen-bond donors (Lipinski definition) is 1. The van der Waals surface area contributed by atoms with Gasteiger partial charge in [0, 0.05) is 13.1 Å². The highest BCUT2D eigenvalue weighted by molar-refractivity contribution is 5.59. The topological polar surface area (TPSA) is 56.5 Å². The number of rotatable bonds is 2. The van der Waals surface area contributed by atoms with Crippen molar-refractivity contribution in [3.63, 3.8) is 0 Å². The Labute approximate surface area is 107 Å². The van der Waals surface area contributed by atoms with Gasteiger partial charge in [-0.25, -0.2) is 0 Å². The Morgan fingerprint density at radius 2 is 2.22 bits per heavy atom. The summed E-state index contributed by atoms with van der Waals surface area (Å²) in [5.41, 5.74) is 1.25. The van der Waals surface area contributed by atoms with Gasteiger partial charge in [0.05, 0.1) is 29.6 Å². The molecule has 1 heterocycles. The second-order valence-corrected chi connectivity index (χ2v) is 5.19. The van der Waals surface area contributed by atoms with Crippen LogP contribution in [-0.2, 0) is 4.74 Å². The molecular weight excluding hydrogens is 228 g/mol. The zero-order valence-corrected chi connectivity index (χ0v) is 10.8. The van der Waals surface area contributed by atoms with Crippen LogP contribution in [0.4, 0.5) is 5.69 Å². The summed E-state index contributed by atoms with van der Waals surface area (Å²) in [4.78, 5) is 2.11. The molecule has 0 saturated carbocycles. The second kappa shape index (κ2) is 4.97. The van der Waals surface area contributed by atoms with E-state index in [0.717, 1.165) is 5.69 Å². The van der Waals surface area contributed by atoms with Crippen molar-refractivity contribution in [3.8, 4) is 6.07 Å². The van der Waals surface area contributed by atoms with Crippen LogP contribution in [0.2, 0.25) is 0 Å². The third-order valence-corrected chi connectivity index (χ3v) is 3.05. The molecule has 96 valence electrons. The number of para-hydroxylation sites is 1. The van der Waals surface area contributed by atoms with Crippen molar-refractivity contribution in [1.82, 2.24) is 0 Å². The number of morpholine rings is 1. The average molecular weight is 246 g/mol. The van der Waals surface area contributed by atoms with E-state index in [1.165, 1.54) is 0 Å². The van der Waals surface area contributed by atoms with Crippen LogP contribution in [0.15, 0.2) is 24.3 Å². The molecule has 4 nitrogen and oxygen atoms in total. The smallest absolute Gasteiger partial charge is 0.101 e. The standard InChI is InChI=1S/C14H18N2O2/c1-14(2)10-16(8-12(9-17)18-14)13-6-4-3-5-11(13)7-15/h3-6,12,17H,8-10H2,1-2H3. The maximum Gasteiger partial charge on any atom is 0.101 e. The summed E-state index contributed by atoms with van der Waals surface area (Å²) >= 11 is 0. The summed E-state index contributed by atoms with van der Waals surface area (Å²) in [6, 6.07) is 9.74. The molecule has 2 rings (SSSR count). The molecule has 4 heteroatoms. The van der Waals surface area contributed by atoms with E-state index in [-0.39, 0.29) is 18.3 Å². The molecule has 1 N–H and O–H groups in total. The van der Waals surface area contributed by atoms with E-state index >= 15 is 0 Å². The molecule has 1 atom stereocenters. The van der Waals surface area contributed by atoms with Crippen LogP contribution >= 0.6 is 0 Å². The van der Waals surface area contributed by atoms with Gasteiger partial charge >= 0.3 is 0 Å². The van der Waals surface area contributed by atoms with Crippen LogP contribution in [0, 0.1) is 11.3 Å². The van der Waals surface area contributed by atoms with Crippen molar-refractivity contribution in [2.45, 2.75) is 25.6 Å². The minimum Gasteiger partial charge on any atom is -0.394 e. The molecule has 1 aliphatic heterocycles. The van der Waals surface area contributed by atoms with Gasteiger partial charge in [0.25, 0.3) is 0 Å². The molecule has 0 spiro atoms. The Bertz CT molecular complexity index is 465. The summed E-state index contributed by atoms with van der Waals surface area (Å²) in [5, 5.41) is 18.4. The normalized spacial score (nSPS) is 22.6. The predicted molar refractivity (Wildman–Crippen MR) is 69.4 cm³/mol. The summed E-state index contributed by atoms with van der Waals surface area (Å²) in [6.45, 7) is 5.31. The van der Waals surface area contributed by atoms with Crippen molar-refractivity contribution < 1.29 is 9.84 Å². The van der Waals surface area contributed by atoms with Crippen molar-refractivity contribution in [3.05, 3.63) is 29.8 Å². The number of hydrogen-bond acceptors (Lipinski definition) is 4. The Hall–Kier alpha value is -1.57. The molecule has 18 heavy (non-hydrogen) atoms. The van der Waals surface area contributed by atoms with Gasteiger partial charge in [0.15, 0.2) is 0 Å². The number of anilines is 1. The summed E-state index contributed by atoms with van der Waals surface area (Å²) in [6.07, 6.45) is -0.208. The first-order valence-electron chi connectivity index (χ1n) is 6.08. The Morgan fingerprint density at radius 1 is 1.50 bits per heavy atom. The number of aliphatic hydroxyl groups is 1. The summed E-state index contributed by atoms with van der Waals surface area (Å²) < 4.78 is 5.77. The highest BCUT2D eigenvalue weighted by atomic mass is 16.5. The lowest BCUT2D eigenvalue weighted by Crippen LogP contribution is -2.54. The van der Waals surface area contributed by atoms with E-state index in [0.29, 0.717) is 18.7 Å². The lowest BCUT2D eigenvalue weighted by atomic mass is 10.0. The lowest BCUT2D eigenvalue weighted by molar-refractivity contribution is -0.101. The molecule has 1 aliphatic rings. The number of nitriles is 1. The first kappa shape index (κ1) is 12.9.